The minimum absolute atomic E-state index is 0.00639. The van der Waals surface area contributed by atoms with Crippen LogP contribution in [0.5, 0.6) is 0 Å². The summed E-state index contributed by atoms with van der Waals surface area (Å²) in [6.07, 6.45) is 0.00639. The number of amides is 1. The molecule has 3 aromatic rings. The topological polar surface area (TPSA) is 55.4 Å². The second-order valence-electron chi connectivity index (χ2n) is 5.69. The average Bonchev–Trinajstić information content (AvgIpc) is 2.63. The molecule has 0 unspecified atom stereocenters. The molecule has 0 atom stereocenters. The third-order valence-electron chi connectivity index (χ3n) is 3.73. The van der Waals surface area contributed by atoms with Crippen molar-refractivity contribution in [2.45, 2.75) is 6.42 Å². The molecule has 0 bridgehead atoms. The summed E-state index contributed by atoms with van der Waals surface area (Å²) in [6, 6.07) is 16.0. The van der Waals surface area contributed by atoms with Crippen molar-refractivity contribution in [3.8, 4) is 0 Å². The van der Waals surface area contributed by atoms with Crippen molar-refractivity contribution in [2.24, 2.45) is 0 Å². The van der Waals surface area contributed by atoms with Crippen LogP contribution < -0.4 is 5.32 Å². The third-order valence-corrected chi connectivity index (χ3v) is 3.73. The van der Waals surface area contributed by atoms with E-state index >= 15 is 0 Å². The molecule has 0 heterocycles. The van der Waals surface area contributed by atoms with E-state index in [0.29, 0.717) is 0 Å². The molecule has 0 spiro atoms. The van der Waals surface area contributed by atoms with Gasteiger partial charge in [0.15, 0.2) is 6.61 Å². The molecule has 26 heavy (non-hydrogen) atoms. The number of carbonyl (C=O) groups excluding carboxylic acids is 2. The summed E-state index contributed by atoms with van der Waals surface area (Å²) < 4.78 is 31.4. The maximum Gasteiger partial charge on any atom is 0.310 e. The van der Waals surface area contributed by atoms with Crippen molar-refractivity contribution in [3.05, 3.63) is 77.9 Å². The maximum absolute atomic E-state index is 13.5. The number of fused-ring (bicyclic) bond motifs is 1. The van der Waals surface area contributed by atoms with Gasteiger partial charge in [-0.2, -0.15) is 0 Å². The van der Waals surface area contributed by atoms with Crippen LogP contribution in [0.3, 0.4) is 0 Å². The van der Waals surface area contributed by atoms with Crippen molar-refractivity contribution in [3.63, 3.8) is 0 Å². The first-order valence-electron chi connectivity index (χ1n) is 7.89. The quantitative estimate of drug-likeness (QED) is 0.708. The Bertz CT molecular complexity index is 972. The number of halogens is 2. The number of anilines is 1. The Labute approximate surface area is 148 Å². The molecule has 4 nitrogen and oxygen atoms in total. The molecular weight excluding hydrogens is 340 g/mol. The Morgan fingerprint density at radius 2 is 1.69 bits per heavy atom. The van der Waals surface area contributed by atoms with E-state index in [1.54, 1.807) is 0 Å². The fraction of sp³-hybridized carbons (Fsp3) is 0.100. The lowest BCUT2D eigenvalue weighted by molar-refractivity contribution is -0.146. The molecule has 1 amide bonds. The number of ether oxygens (including phenoxy) is 1. The maximum atomic E-state index is 13.5. The lowest BCUT2D eigenvalue weighted by Crippen LogP contribution is -2.22. The van der Waals surface area contributed by atoms with E-state index in [2.05, 4.69) is 5.32 Å². The monoisotopic (exact) mass is 355 g/mol. The first kappa shape index (κ1) is 17.5. The number of hydrogen-bond acceptors (Lipinski definition) is 3. The summed E-state index contributed by atoms with van der Waals surface area (Å²) in [7, 11) is 0. The number of rotatable bonds is 5. The minimum atomic E-state index is -0.776. The number of nitrogens with one attached hydrogen (secondary N) is 1. The molecule has 0 saturated carbocycles. The highest BCUT2D eigenvalue weighted by Crippen LogP contribution is 2.17. The highest BCUT2D eigenvalue weighted by molar-refractivity contribution is 5.93. The summed E-state index contributed by atoms with van der Waals surface area (Å²) in [5.74, 6) is -2.80. The van der Waals surface area contributed by atoms with Crippen molar-refractivity contribution >= 4 is 28.3 Å². The predicted molar refractivity (Wildman–Crippen MR) is 93.6 cm³/mol. The predicted octanol–water partition coefficient (Wildman–Crippen LogP) is 3.84. The summed E-state index contributed by atoms with van der Waals surface area (Å²) >= 11 is 0. The first-order valence-corrected chi connectivity index (χ1v) is 7.89. The normalized spacial score (nSPS) is 10.5. The highest BCUT2D eigenvalue weighted by atomic mass is 19.1. The first-order chi connectivity index (χ1) is 12.5. The van der Waals surface area contributed by atoms with Gasteiger partial charge < -0.3 is 10.1 Å². The number of benzene rings is 3. The summed E-state index contributed by atoms with van der Waals surface area (Å²) in [5.41, 5.74) is 0.450. The largest absolute Gasteiger partial charge is 0.455 e. The second kappa shape index (κ2) is 7.74. The molecule has 0 radical (unpaired) electrons. The summed E-state index contributed by atoms with van der Waals surface area (Å²) in [4.78, 5) is 23.6. The molecule has 0 aliphatic carbocycles. The van der Waals surface area contributed by atoms with E-state index < -0.39 is 30.1 Å². The van der Waals surface area contributed by atoms with Crippen LogP contribution in [-0.2, 0) is 20.7 Å². The second-order valence-corrected chi connectivity index (χ2v) is 5.69. The molecule has 0 fully saturated rings. The zero-order valence-corrected chi connectivity index (χ0v) is 13.7. The van der Waals surface area contributed by atoms with Gasteiger partial charge in [0.05, 0.1) is 12.1 Å². The van der Waals surface area contributed by atoms with E-state index in [1.807, 2.05) is 42.5 Å². The van der Waals surface area contributed by atoms with E-state index in [1.165, 1.54) is 0 Å². The molecule has 3 aromatic carbocycles. The van der Waals surface area contributed by atoms with Gasteiger partial charge in [0.2, 0.25) is 0 Å². The smallest absolute Gasteiger partial charge is 0.310 e. The van der Waals surface area contributed by atoms with Gasteiger partial charge in [-0.05, 0) is 28.5 Å². The van der Waals surface area contributed by atoms with Gasteiger partial charge >= 0.3 is 5.97 Å². The van der Waals surface area contributed by atoms with Crippen molar-refractivity contribution < 1.29 is 23.1 Å². The van der Waals surface area contributed by atoms with Crippen LogP contribution in [0.4, 0.5) is 14.5 Å². The molecule has 0 aliphatic rings. The van der Waals surface area contributed by atoms with Crippen LogP contribution in [0, 0.1) is 11.6 Å². The lowest BCUT2D eigenvalue weighted by atomic mass is 10.1. The van der Waals surface area contributed by atoms with Gasteiger partial charge in [0.1, 0.15) is 11.6 Å². The number of esters is 1. The molecule has 1 N–H and O–H groups in total. The average molecular weight is 355 g/mol. The zero-order valence-electron chi connectivity index (χ0n) is 13.7. The van der Waals surface area contributed by atoms with Gasteiger partial charge in [0.25, 0.3) is 5.91 Å². The summed E-state index contributed by atoms with van der Waals surface area (Å²) in [5, 5.41) is 4.22. The fourth-order valence-electron chi connectivity index (χ4n) is 2.49. The van der Waals surface area contributed by atoms with Crippen molar-refractivity contribution in [1.82, 2.24) is 0 Å². The summed E-state index contributed by atoms with van der Waals surface area (Å²) in [6.45, 7) is -0.581. The zero-order chi connectivity index (χ0) is 18.5. The van der Waals surface area contributed by atoms with Crippen LogP contribution in [0.15, 0.2) is 60.7 Å². The van der Waals surface area contributed by atoms with Crippen LogP contribution in [0.25, 0.3) is 10.8 Å². The van der Waals surface area contributed by atoms with Gasteiger partial charge in [0, 0.05) is 6.07 Å². The molecule has 0 aliphatic heterocycles. The Morgan fingerprint density at radius 1 is 0.923 bits per heavy atom. The molecule has 0 saturated heterocycles. The van der Waals surface area contributed by atoms with E-state index in [-0.39, 0.29) is 12.1 Å². The van der Waals surface area contributed by atoms with E-state index in [9.17, 15) is 18.4 Å². The SMILES string of the molecule is O=C(COC(=O)Cc1ccc2ccccc2c1)Nc1cc(F)ccc1F. The Kier molecular flexibility index (Phi) is 5.22. The highest BCUT2D eigenvalue weighted by Gasteiger charge is 2.12. The van der Waals surface area contributed by atoms with Gasteiger partial charge in [-0.1, -0.05) is 42.5 Å². The molecular formula is C20H15F2NO3. The third kappa shape index (κ3) is 4.42. The molecule has 0 aromatic heterocycles. The number of carbonyl (C=O) groups is 2. The Balaban J connectivity index is 1.54. The van der Waals surface area contributed by atoms with Crippen molar-refractivity contribution in [1.29, 1.82) is 0 Å². The standard InChI is InChI=1S/C20H15F2NO3/c21-16-7-8-17(22)18(11-16)23-19(24)12-26-20(25)10-13-5-6-14-3-1-2-4-15(14)9-13/h1-9,11H,10,12H2,(H,23,24). The number of hydrogen-bond donors (Lipinski definition) is 1. The van der Waals surface area contributed by atoms with Crippen LogP contribution in [0.1, 0.15) is 5.56 Å². The van der Waals surface area contributed by atoms with Gasteiger partial charge in [-0.25, -0.2) is 8.78 Å². The van der Waals surface area contributed by atoms with Gasteiger partial charge in [-0.3, -0.25) is 9.59 Å². The Hall–Kier alpha value is -3.28. The lowest BCUT2D eigenvalue weighted by Gasteiger charge is -2.08. The molecule has 6 heteroatoms. The van der Waals surface area contributed by atoms with Crippen molar-refractivity contribution in [2.75, 3.05) is 11.9 Å². The minimum Gasteiger partial charge on any atom is -0.455 e. The van der Waals surface area contributed by atoms with E-state index in [0.717, 1.165) is 34.5 Å². The van der Waals surface area contributed by atoms with E-state index in [4.69, 9.17) is 4.74 Å². The fourth-order valence-corrected chi connectivity index (χ4v) is 2.49. The Morgan fingerprint density at radius 3 is 2.50 bits per heavy atom. The van der Waals surface area contributed by atoms with Crippen LogP contribution in [0.2, 0.25) is 0 Å². The van der Waals surface area contributed by atoms with Crippen LogP contribution in [-0.4, -0.2) is 18.5 Å². The molecule has 3 rings (SSSR count). The van der Waals surface area contributed by atoms with Crippen LogP contribution >= 0.6 is 0 Å². The van der Waals surface area contributed by atoms with Gasteiger partial charge in [-0.15, -0.1) is 0 Å². The molecule has 132 valence electrons.